The SMILES string of the molecule is CC1(C)c2ccccc2-c2cc(-n3ccc4cc(-c5ccc6c(c5)c5ccccc5n6-c5ccccc5)ccc43)ccc21. The number of aromatic nitrogens is 2. The second kappa shape index (κ2) is 8.83. The zero-order valence-electron chi connectivity index (χ0n) is 24.3. The molecule has 8 aromatic rings. The average molecular weight is 551 g/mol. The van der Waals surface area contributed by atoms with E-state index in [1.54, 1.807) is 0 Å². The van der Waals surface area contributed by atoms with Gasteiger partial charge in [0.1, 0.15) is 0 Å². The number of benzene rings is 6. The molecule has 2 aromatic heterocycles. The van der Waals surface area contributed by atoms with Crippen LogP contribution in [0.15, 0.2) is 146 Å². The molecular weight excluding hydrogens is 520 g/mol. The van der Waals surface area contributed by atoms with Gasteiger partial charge in [0.2, 0.25) is 0 Å². The minimum Gasteiger partial charge on any atom is -0.317 e. The summed E-state index contributed by atoms with van der Waals surface area (Å²) in [6.45, 7) is 4.67. The standard InChI is InChI=1S/C41H30N2/c1-41(2)36-14-8-6-12-32(36)34-26-31(18-19-37(34)41)42-23-22-29-24-27(16-20-38(29)42)28-17-21-40-35(25-28)33-13-7-9-15-39(33)43(40)30-10-4-3-5-11-30/h3-26H,1-2H3. The normalized spacial score (nSPS) is 13.5. The number of rotatable bonds is 3. The van der Waals surface area contributed by atoms with Crippen molar-refractivity contribution >= 4 is 32.7 Å². The van der Waals surface area contributed by atoms with E-state index in [0.29, 0.717) is 0 Å². The Labute approximate surface area is 251 Å². The lowest BCUT2D eigenvalue weighted by Gasteiger charge is -2.21. The van der Waals surface area contributed by atoms with E-state index in [4.69, 9.17) is 0 Å². The van der Waals surface area contributed by atoms with Crippen molar-refractivity contribution in [3.05, 3.63) is 157 Å². The van der Waals surface area contributed by atoms with E-state index in [1.807, 2.05) is 0 Å². The number of hydrogen-bond acceptors (Lipinski definition) is 0. The summed E-state index contributed by atoms with van der Waals surface area (Å²) in [6, 6.07) is 51.2. The van der Waals surface area contributed by atoms with Crippen molar-refractivity contribution in [1.82, 2.24) is 9.13 Å². The minimum absolute atomic E-state index is 0.0205. The van der Waals surface area contributed by atoms with Gasteiger partial charge < -0.3 is 9.13 Å². The number of nitrogens with zero attached hydrogens (tertiary/aromatic N) is 2. The maximum absolute atomic E-state index is 2.37. The van der Waals surface area contributed by atoms with Crippen molar-refractivity contribution in [3.8, 4) is 33.6 Å². The monoisotopic (exact) mass is 550 g/mol. The molecule has 0 atom stereocenters. The van der Waals surface area contributed by atoms with Crippen LogP contribution in [0.2, 0.25) is 0 Å². The van der Waals surface area contributed by atoms with Crippen molar-refractivity contribution in [2.45, 2.75) is 19.3 Å². The molecule has 1 aliphatic rings. The highest BCUT2D eigenvalue weighted by Gasteiger charge is 2.35. The van der Waals surface area contributed by atoms with Gasteiger partial charge in [-0.2, -0.15) is 0 Å². The molecule has 0 aliphatic heterocycles. The summed E-state index contributed by atoms with van der Waals surface area (Å²) < 4.78 is 4.69. The maximum Gasteiger partial charge on any atom is 0.0541 e. The minimum atomic E-state index is 0.0205. The topological polar surface area (TPSA) is 9.86 Å². The molecule has 204 valence electrons. The molecule has 0 fully saturated rings. The summed E-state index contributed by atoms with van der Waals surface area (Å²) in [5.74, 6) is 0. The summed E-state index contributed by atoms with van der Waals surface area (Å²) in [4.78, 5) is 0. The highest BCUT2D eigenvalue weighted by molar-refractivity contribution is 6.10. The van der Waals surface area contributed by atoms with E-state index in [-0.39, 0.29) is 5.41 Å². The highest BCUT2D eigenvalue weighted by Crippen LogP contribution is 2.49. The third kappa shape index (κ3) is 3.47. The molecule has 2 nitrogen and oxygen atoms in total. The lowest BCUT2D eigenvalue weighted by atomic mass is 9.82. The van der Waals surface area contributed by atoms with Crippen LogP contribution in [-0.2, 0) is 5.41 Å². The molecule has 0 radical (unpaired) electrons. The molecule has 0 amide bonds. The Morgan fingerprint density at radius 1 is 0.465 bits per heavy atom. The van der Waals surface area contributed by atoms with Crippen molar-refractivity contribution < 1.29 is 0 Å². The molecule has 43 heavy (non-hydrogen) atoms. The summed E-state index contributed by atoms with van der Waals surface area (Å²) in [5.41, 5.74) is 14.1. The molecule has 6 aromatic carbocycles. The van der Waals surface area contributed by atoms with E-state index in [2.05, 4.69) is 169 Å². The van der Waals surface area contributed by atoms with Crippen LogP contribution in [-0.4, -0.2) is 9.13 Å². The molecule has 0 spiro atoms. The van der Waals surface area contributed by atoms with Gasteiger partial charge in [-0.1, -0.05) is 92.7 Å². The lowest BCUT2D eigenvalue weighted by molar-refractivity contribution is 0.660. The van der Waals surface area contributed by atoms with Gasteiger partial charge >= 0.3 is 0 Å². The van der Waals surface area contributed by atoms with Gasteiger partial charge in [-0.15, -0.1) is 0 Å². The predicted octanol–water partition coefficient (Wildman–Crippen LogP) is 10.7. The van der Waals surface area contributed by atoms with Gasteiger partial charge in [-0.3, -0.25) is 0 Å². The summed E-state index contributed by atoms with van der Waals surface area (Å²) >= 11 is 0. The van der Waals surface area contributed by atoms with Crippen molar-refractivity contribution in [2.24, 2.45) is 0 Å². The zero-order chi connectivity index (χ0) is 28.7. The largest absolute Gasteiger partial charge is 0.317 e. The molecule has 0 bridgehead atoms. The first-order valence-electron chi connectivity index (χ1n) is 15.0. The fourth-order valence-electron chi connectivity index (χ4n) is 7.41. The lowest BCUT2D eigenvalue weighted by Crippen LogP contribution is -2.14. The van der Waals surface area contributed by atoms with E-state index < -0.39 is 0 Å². The second-order valence-electron chi connectivity index (χ2n) is 12.3. The number of fused-ring (bicyclic) bond motifs is 7. The predicted molar refractivity (Wildman–Crippen MR) is 181 cm³/mol. The Balaban J connectivity index is 1.14. The van der Waals surface area contributed by atoms with Gasteiger partial charge in [0.05, 0.1) is 16.6 Å². The van der Waals surface area contributed by atoms with Crippen LogP contribution in [0, 0.1) is 0 Å². The second-order valence-corrected chi connectivity index (χ2v) is 12.3. The fourth-order valence-corrected chi connectivity index (χ4v) is 7.41. The molecule has 0 unspecified atom stereocenters. The third-order valence-electron chi connectivity index (χ3n) is 9.56. The zero-order valence-corrected chi connectivity index (χ0v) is 24.3. The molecular formula is C41H30N2. The van der Waals surface area contributed by atoms with Crippen LogP contribution in [0.4, 0.5) is 0 Å². The Bertz CT molecular complexity index is 2370. The van der Waals surface area contributed by atoms with Crippen molar-refractivity contribution in [2.75, 3.05) is 0 Å². The fraction of sp³-hybridized carbons (Fsp3) is 0.0732. The Kier molecular flexibility index (Phi) is 4.99. The highest BCUT2D eigenvalue weighted by atomic mass is 15.0. The molecule has 0 N–H and O–H groups in total. The van der Waals surface area contributed by atoms with Gasteiger partial charge in [-0.25, -0.2) is 0 Å². The van der Waals surface area contributed by atoms with Gasteiger partial charge in [0, 0.05) is 39.1 Å². The van der Waals surface area contributed by atoms with Crippen LogP contribution < -0.4 is 0 Å². The molecule has 9 rings (SSSR count). The van der Waals surface area contributed by atoms with E-state index in [9.17, 15) is 0 Å². The van der Waals surface area contributed by atoms with Crippen LogP contribution in [0.1, 0.15) is 25.0 Å². The first-order chi connectivity index (χ1) is 21.1. The van der Waals surface area contributed by atoms with E-state index in [0.717, 1.165) is 0 Å². The summed E-state index contributed by atoms with van der Waals surface area (Å²) in [6.07, 6.45) is 2.21. The van der Waals surface area contributed by atoms with E-state index >= 15 is 0 Å². The smallest absolute Gasteiger partial charge is 0.0541 e. The van der Waals surface area contributed by atoms with Crippen molar-refractivity contribution in [3.63, 3.8) is 0 Å². The first-order valence-corrected chi connectivity index (χ1v) is 15.0. The van der Waals surface area contributed by atoms with Gasteiger partial charge in [0.25, 0.3) is 0 Å². The van der Waals surface area contributed by atoms with Crippen LogP contribution >= 0.6 is 0 Å². The molecule has 2 heterocycles. The maximum atomic E-state index is 2.37. The third-order valence-corrected chi connectivity index (χ3v) is 9.56. The molecule has 0 saturated heterocycles. The molecule has 1 aliphatic carbocycles. The molecule has 2 heteroatoms. The van der Waals surface area contributed by atoms with Crippen molar-refractivity contribution in [1.29, 1.82) is 0 Å². The number of para-hydroxylation sites is 2. The summed E-state index contributed by atoms with van der Waals surface area (Å²) in [7, 11) is 0. The summed E-state index contributed by atoms with van der Waals surface area (Å²) in [5, 5.41) is 3.79. The van der Waals surface area contributed by atoms with Crippen LogP contribution in [0.5, 0.6) is 0 Å². The van der Waals surface area contributed by atoms with Gasteiger partial charge in [-0.05, 0) is 94.0 Å². The average Bonchev–Trinajstić information content (AvgIpc) is 3.69. The van der Waals surface area contributed by atoms with E-state index in [1.165, 1.54) is 77.5 Å². The Morgan fingerprint density at radius 3 is 2.05 bits per heavy atom. The van der Waals surface area contributed by atoms with Crippen LogP contribution in [0.25, 0.3) is 66.3 Å². The number of hydrogen-bond donors (Lipinski definition) is 0. The molecule has 0 saturated carbocycles. The quantitative estimate of drug-likeness (QED) is 0.207. The van der Waals surface area contributed by atoms with Crippen LogP contribution in [0.3, 0.4) is 0 Å². The van der Waals surface area contributed by atoms with Gasteiger partial charge in [0.15, 0.2) is 0 Å². The first kappa shape index (κ1) is 24.3. The Hall–Kier alpha value is -5.34. The Morgan fingerprint density at radius 2 is 1.16 bits per heavy atom.